The highest BCUT2D eigenvalue weighted by Gasteiger charge is 2.32. The average Bonchev–Trinajstić information content (AvgIpc) is 2.68. The number of nitrogens with zero attached hydrogens (tertiary/aromatic N) is 3. The Hall–Kier alpha value is -1.85. The smallest absolute Gasteiger partial charge is 0.416 e. The van der Waals surface area contributed by atoms with Crippen molar-refractivity contribution in [3.05, 3.63) is 57.8 Å². The van der Waals surface area contributed by atoms with Crippen LogP contribution in [0.3, 0.4) is 0 Å². The number of rotatable bonds is 8. The number of aromatic nitrogens is 1. The first-order valence-electron chi connectivity index (χ1n) is 9.88. The molecule has 1 aromatic heterocycles. The lowest BCUT2D eigenvalue weighted by molar-refractivity contribution is -0.387. The molecular weight excluding hydrogens is 511 g/mol. The van der Waals surface area contributed by atoms with E-state index in [1.54, 1.807) is 43.3 Å². The van der Waals surface area contributed by atoms with Gasteiger partial charge in [0.05, 0.1) is 22.7 Å². The first-order valence-corrected chi connectivity index (χ1v) is 11.8. The highest BCUT2D eigenvalue weighted by molar-refractivity contribution is 9.09. The van der Waals surface area contributed by atoms with Crippen LogP contribution in [-0.4, -0.2) is 31.7 Å². The molecule has 0 unspecified atom stereocenters. The molecule has 0 aliphatic carbocycles. The second kappa shape index (κ2) is 12.4. The van der Waals surface area contributed by atoms with E-state index < -0.39 is 22.3 Å². The summed E-state index contributed by atoms with van der Waals surface area (Å²) in [5, 5.41) is 11.8. The summed E-state index contributed by atoms with van der Waals surface area (Å²) in [5.41, 5.74) is -1.50. The number of ether oxygens (including phenoxy) is 1. The molecule has 1 heterocycles. The van der Waals surface area contributed by atoms with E-state index in [9.17, 15) is 23.3 Å². The first-order chi connectivity index (χ1) is 14.9. The van der Waals surface area contributed by atoms with Crippen molar-refractivity contribution >= 4 is 33.6 Å². The monoisotopic (exact) mass is 537 g/mol. The number of nitro groups is 1. The molecule has 6 nitrogen and oxygen atoms in total. The van der Waals surface area contributed by atoms with Gasteiger partial charge in [0.25, 0.3) is 5.69 Å². The molecule has 32 heavy (non-hydrogen) atoms. The number of benzene rings is 1. The van der Waals surface area contributed by atoms with E-state index in [0.717, 1.165) is 24.1 Å². The zero-order valence-corrected chi connectivity index (χ0v) is 21.0. The van der Waals surface area contributed by atoms with E-state index in [4.69, 9.17) is 4.74 Å². The minimum absolute atomic E-state index is 0.0345. The van der Waals surface area contributed by atoms with Crippen molar-refractivity contribution < 1.29 is 22.8 Å². The van der Waals surface area contributed by atoms with Gasteiger partial charge in [-0.25, -0.2) is 9.29 Å². The van der Waals surface area contributed by atoms with Gasteiger partial charge in [-0.1, -0.05) is 41.9 Å². The number of pyridine rings is 1. The summed E-state index contributed by atoms with van der Waals surface area (Å²) in [5.74, 6) is -0.123. The molecule has 2 aromatic rings. The zero-order chi connectivity index (χ0) is 24.5. The van der Waals surface area contributed by atoms with Gasteiger partial charge in [-0.2, -0.15) is 13.2 Å². The van der Waals surface area contributed by atoms with Crippen LogP contribution in [0, 0.1) is 10.1 Å². The largest absolute Gasteiger partial charge is 0.472 e. The summed E-state index contributed by atoms with van der Waals surface area (Å²) in [6.45, 7) is 9.61. The fourth-order valence-corrected chi connectivity index (χ4v) is 4.12. The maximum atomic E-state index is 13.4. The molecule has 2 rings (SSSR count). The minimum atomic E-state index is -4.56. The number of alkyl halides is 4. The van der Waals surface area contributed by atoms with Crippen LogP contribution in [0.25, 0.3) is 0 Å². The number of hydrogen-bond donors (Lipinski definition) is 0. The second-order valence-corrected chi connectivity index (χ2v) is 9.20. The fourth-order valence-electron chi connectivity index (χ4n) is 2.43. The Labute approximate surface area is 199 Å². The van der Waals surface area contributed by atoms with Crippen molar-refractivity contribution in [2.24, 2.45) is 0 Å². The summed E-state index contributed by atoms with van der Waals surface area (Å²) in [6, 6.07) is 8.04. The Balaban J connectivity index is 0.00000249. The topological polar surface area (TPSA) is 68.5 Å². The molecule has 0 atom stereocenters. The van der Waals surface area contributed by atoms with E-state index >= 15 is 0 Å². The highest BCUT2D eigenvalue weighted by atomic mass is 79.9. The highest BCUT2D eigenvalue weighted by Crippen LogP contribution is 2.35. The quantitative estimate of drug-likeness (QED) is 0.154. The van der Waals surface area contributed by atoms with Gasteiger partial charge in [0, 0.05) is 24.0 Å². The van der Waals surface area contributed by atoms with Crippen molar-refractivity contribution in [1.29, 1.82) is 0 Å². The van der Waals surface area contributed by atoms with Crippen molar-refractivity contribution in [1.82, 2.24) is 9.29 Å². The Bertz CT molecular complexity index is 893. The number of hydrogen-bond acceptors (Lipinski definition) is 6. The summed E-state index contributed by atoms with van der Waals surface area (Å²) >= 11 is 4.41. The van der Waals surface area contributed by atoms with Crippen molar-refractivity contribution in [3.63, 3.8) is 0 Å². The SMILES string of the molecule is CC.CC(C)(C)Oc1cc(C(F)(F)F)cc(CN(CCBr)Sc2ccccc2[N+](=O)[O-])n1. The molecule has 0 saturated carbocycles. The van der Waals surface area contributed by atoms with Crippen LogP contribution in [0.15, 0.2) is 41.3 Å². The van der Waals surface area contributed by atoms with Gasteiger partial charge >= 0.3 is 6.18 Å². The van der Waals surface area contributed by atoms with Gasteiger partial charge in [0.2, 0.25) is 5.88 Å². The van der Waals surface area contributed by atoms with E-state index in [1.807, 2.05) is 13.8 Å². The van der Waals surface area contributed by atoms with E-state index in [1.165, 1.54) is 6.07 Å². The summed E-state index contributed by atoms with van der Waals surface area (Å²) in [4.78, 5) is 15.4. The average molecular weight is 538 g/mol. The van der Waals surface area contributed by atoms with E-state index in [-0.39, 0.29) is 23.8 Å². The zero-order valence-electron chi connectivity index (χ0n) is 18.6. The van der Waals surface area contributed by atoms with Crippen LogP contribution in [0.4, 0.5) is 18.9 Å². The molecule has 0 N–H and O–H groups in total. The Kier molecular flexibility index (Phi) is 10.9. The van der Waals surface area contributed by atoms with Crippen LogP contribution in [0.2, 0.25) is 0 Å². The van der Waals surface area contributed by atoms with Gasteiger partial charge in [0.15, 0.2) is 0 Å². The van der Waals surface area contributed by atoms with Crippen molar-refractivity contribution in [3.8, 4) is 5.88 Å². The molecule has 178 valence electrons. The molecular formula is C21H27BrF3N3O3S. The molecule has 0 aliphatic rings. The fraction of sp³-hybridized carbons (Fsp3) is 0.476. The Morgan fingerprint density at radius 3 is 2.34 bits per heavy atom. The normalized spacial score (nSPS) is 11.7. The predicted octanol–water partition coefficient (Wildman–Crippen LogP) is 7.12. The molecule has 11 heteroatoms. The number of halogens is 4. The molecule has 0 radical (unpaired) electrons. The molecule has 0 spiro atoms. The first kappa shape index (κ1) is 28.2. The molecule has 0 fully saturated rings. The standard InChI is InChI=1S/C19H21BrF3N3O3S.C2H6/c1-18(2,3)29-17-11-13(19(21,22)23)10-14(24-17)12-25(9-8-20)30-16-7-5-4-6-15(16)26(27)28;1-2/h4-7,10-11H,8-9,12H2,1-3H3;1-2H3. The third-order valence-electron chi connectivity index (χ3n) is 3.55. The van der Waals surface area contributed by atoms with Crippen molar-refractivity contribution in [2.45, 2.75) is 57.8 Å². The molecule has 1 aromatic carbocycles. The summed E-state index contributed by atoms with van der Waals surface area (Å²) in [6.07, 6.45) is -4.56. The van der Waals surface area contributed by atoms with E-state index in [2.05, 4.69) is 20.9 Å². The Morgan fingerprint density at radius 2 is 1.81 bits per heavy atom. The van der Waals surface area contributed by atoms with Crippen LogP contribution >= 0.6 is 27.9 Å². The minimum Gasteiger partial charge on any atom is -0.472 e. The van der Waals surface area contributed by atoms with Gasteiger partial charge in [0.1, 0.15) is 10.5 Å². The number of nitro benzene ring substituents is 1. The number of para-hydroxylation sites is 1. The lowest BCUT2D eigenvalue weighted by Crippen LogP contribution is -2.25. The van der Waals surface area contributed by atoms with Crippen LogP contribution in [-0.2, 0) is 12.7 Å². The predicted molar refractivity (Wildman–Crippen MR) is 124 cm³/mol. The van der Waals surface area contributed by atoms with Crippen LogP contribution < -0.4 is 4.74 Å². The maximum Gasteiger partial charge on any atom is 0.416 e. The molecule has 0 bridgehead atoms. The van der Waals surface area contributed by atoms with Crippen molar-refractivity contribution in [2.75, 3.05) is 11.9 Å². The van der Waals surface area contributed by atoms with Gasteiger partial charge < -0.3 is 4.74 Å². The third kappa shape index (κ3) is 9.33. The lowest BCUT2D eigenvalue weighted by atomic mass is 10.2. The van der Waals surface area contributed by atoms with Gasteiger partial charge in [-0.05, 0) is 44.9 Å². The summed E-state index contributed by atoms with van der Waals surface area (Å²) < 4.78 is 47.4. The van der Waals surface area contributed by atoms with Crippen LogP contribution in [0.5, 0.6) is 5.88 Å². The van der Waals surface area contributed by atoms with Gasteiger partial charge in [-0.3, -0.25) is 10.1 Å². The molecule has 0 saturated heterocycles. The van der Waals surface area contributed by atoms with Crippen LogP contribution in [0.1, 0.15) is 45.9 Å². The van der Waals surface area contributed by atoms with E-state index in [0.29, 0.717) is 16.8 Å². The molecule has 0 amide bonds. The molecule has 0 aliphatic heterocycles. The maximum absolute atomic E-state index is 13.4. The lowest BCUT2D eigenvalue weighted by Gasteiger charge is -2.23. The third-order valence-corrected chi connectivity index (χ3v) is 5.02. The second-order valence-electron chi connectivity index (χ2n) is 7.27. The summed E-state index contributed by atoms with van der Waals surface area (Å²) in [7, 11) is 0. The van der Waals surface area contributed by atoms with Gasteiger partial charge in [-0.15, -0.1) is 0 Å². The Morgan fingerprint density at radius 1 is 1.19 bits per heavy atom.